The summed E-state index contributed by atoms with van der Waals surface area (Å²) in [6, 6.07) is 66.6. The molecule has 0 radical (unpaired) electrons. The summed E-state index contributed by atoms with van der Waals surface area (Å²) in [4.78, 5) is 0. The Morgan fingerprint density at radius 2 is 0.860 bits per heavy atom. The second-order valence-electron chi connectivity index (χ2n) is 18.0. The van der Waals surface area contributed by atoms with Crippen LogP contribution in [0.1, 0.15) is 67.5 Å². The van der Waals surface area contributed by atoms with Gasteiger partial charge in [-0.05, 0) is 138 Å². The van der Waals surface area contributed by atoms with Crippen LogP contribution >= 0.6 is 0 Å². The maximum atomic E-state index is 2.55. The maximum absolute atomic E-state index is 2.55. The maximum Gasteiger partial charge on any atom is 0.0725 e. The highest BCUT2D eigenvalue weighted by molar-refractivity contribution is 6.11. The van der Waals surface area contributed by atoms with Gasteiger partial charge in [0.2, 0.25) is 0 Å². The lowest BCUT2D eigenvalue weighted by Gasteiger charge is -2.30. The van der Waals surface area contributed by atoms with Crippen LogP contribution in [0.5, 0.6) is 0 Å². The Hall–Kier alpha value is -6.44. The van der Waals surface area contributed by atoms with Gasteiger partial charge in [-0.1, -0.05) is 161 Å². The predicted octanol–water partition coefficient (Wildman–Crippen LogP) is 14.4. The van der Waals surface area contributed by atoms with Crippen molar-refractivity contribution >= 4 is 21.8 Å². The number of fused-ring (bicyclic) bond motifs is 14. The van der Waals surface area contributed by atoms with Crippen molar-refractivity contribution in [1.82, 2.24) is 4.57 Å². The molecule has 0 aliphatic heterocycles. The van der Waals surface area contributed by atoms with Crippen LogP contribution in [0.4, 0.5) is 0 Å². The minimum absolute atomic E-state index is 0.0980. The lowest BCUT2D eigenvalue weighted by atomic mass is 9.70. The van der Waals surface area contributed by atoms with E-state index in [2.05, 4.69) is 208 Å². The molecule has 1 heterocycles. The van der Waals surface area contributed by atoms with Crippen LogP contribution in [-0.2, 0) is 16.2 Å². The Morgan fingerprint density at radius 1 is 0.351 bits per heavy atom. The average molecular weight is 730 g/mol. The predicted molar refractivity (Wildman–Crippen MR) is 239 cm³/mol. The molecular formula is C56H43N. The normalized spacial score (nSPS) is 16.1. The van der Waals surface area contributed by atoms with E-state index >= 15 is 0 Å². The molecule has 0 saturated heterocycles. The number of hydrogen-bond donors (Lipinski definition) is 0. The first-order valence-electron chi connectivity index (χ1n) is 20.5. The van der Waals surface area contributed by atoms with Gasteiger partial charge in [-0.2, -0.15) is 0 Å². The molecule has 1 spiro atoms. The van der Waals surface area contributed by atoms with Crippen molar-refractivity contribution in [3.05, 3.63) is 209 Å². The van der Waals surface area contributed by atoms with Crippen molar-refractivity contribution in [2.75, 3.05) is 0 Å². The third kappa shape index (κ3) is 4.35. The van der Waals surface area contributed by atoms with Gasteiger partial charge in [0.1, 0.15) is 0 Å². The lowest BCUT2D eigenvalue weighted by molar-refractivity contribution is 0.403. The largest absolute Gasteiger partial charge is 0.309 e. The molecule has 272 valence electrons. The van der Waals surface area contributed by atoms with Crippen LogP contribution in [0, 0.1) is 0 Å². The van der Waals surface area contributed by atoms with Gasteiger partial charge in [0.05, 0.1) is 16.4 Å². The first kappa shape index (κ1) is 32.8. The zero-order valence-corrected chi connectivity index (χ0v) is 32.9. The lowest BCUT2D eigenvalue weighted by Crippen LogP contribution is -2.25. The van der Waals surface area contributed by atoms with Gasteiger partial charge in [-0.25, -0.2) is 0 Å². The Kier molecular flexibility index (Phi) is 6.51. The van der Waals surface area contributed by atoms with Gasteiger partial charge in [0.25, 0.3) is 0 Å². The fraction of sp³-hybridized carbons (Fsp3) is 0.143. The van der Waals surface area contributed by atoms with Gasteiger partial charge in [0.15, 0.2) is 0 Å². The molecule has 3 aliphatic rings. The Morgan fingerprint density at radius 3 is 1.53 bits per heavy atom. The molecule has 0 atom stereocenters. The standard InChI is InChI=1S/C56H43N/c1-54(2)34-55(3,4)51-33-53-45(32-50(51)54)44-30-37(26-28-52(44)57(53)39-18-14-17-36(29-39)35-15-6-5-7-16-35)38-25-27-43-42-21-10-13-24-48(42)56(49(43)31-38)46-22-11-8-19-40(46)41-20-9-12-23-47(41)56/h5-33H,34H2,1-4H3. The summed E-state index contributed by atoms with van der Waals surface area (Å²) < 4.78 is 2.52. The van der Waals surface area contributed by atoms with Crippen LogP contribution in [0.3, 0.4) is 0 Å². The molecule has 9 aromatic rings. The molecule has 12 rings (SSSR count). The molecule has 0 saturated carbocycles. The number of hydrogen-bond acceptors (Lipinski definition) is 0. The average Bonchev–Trinajstić information content (AvgIpc) is 3.89. The number of benzene rings is 8. The quantitative estimate of drug-likeness (QED) is 0.171. The summed E-state index contributed by atoms with van der Waals surface area (Å²) in [5.74, 6) is 0. The van der Waals surface area contributed by atoms with Crippen LogP contribution < -0.4 is 0 Å². The van der Waals surface area contributed by atoms with Crippen molar-refractivity contribution < 1.29 is 0 Å². The minimum atomic E-state index is -0.363. The van der Waals surface area contributed by atoms with Crippen LogP contribution in [0.15, 0.2) is 176 Å². The molecule has 1 heteroatoms. The molecule has 3 aliphatic carbocycles. The summed E-state index contributed by atoms with van der Waals surface area (Å²) in [6.07, 6.45) is 1.14. The molecule has 57 heavy (non-hydrogen) atoms. The first-order chi connectivity index (χ1) is 27.7. The Labute approximate surface area is 334 Å². The van der Waals surface area contributed by atoms with Crippen LogP contribution in [-0.4, -0.2) is 4.57 Å². The highest BCUT2D eigenvalue weighted by Crippen LogP contribution is 2.63. The van der Waals surface area contributed by atoms with Gasteiger partial charge in [0, 0.05) is 16.5 Å². The molecule has 1 aromatic heterocycles. The van der Waals surface area contributed by atoms with Crippen LogP contribution in [0.2, 0.25) is 0 Å². The van der Waals surface area contributed by atoms with E-state index in [1.807, 2.05) is 0 Å². The first-order valence-corrected chi connectivity index (χ1v) is 20.5. The summed E-state index contributed by atoms with van der Waals surface area (Å²) in [6.45, 7) is 9.71. The molecule has 0 amide bonds. The van der Waals surface area contributed by atoms with Gasteiger partial charge in [-0.15, -0.1) is 0 Å². The molecule has 0 unspecified atom stereocenters. The van der Waals surface area contributed by atoms with Crippen molar-refractivity contribution in [1.29, 1.82) is 0 Å². The van der Waals surface area contributed by atoms with Crippen molar-refractivity contribution in [2.24, 2.45) is 0 Å². The summed E-state index contributed by atoms with van der Waals surface area (Å²) in [5.41, 5.74) is 22.3. The second kappa shape index (κ2) is 11.3. The Balaban J connectivity index is 1.11. The van der Waals surface area contributed by atoms with Gasteiger partial charge in [-0.3, -0.25) is 0 Å². The van der Waals surface area contributed by atoms with Crippen molar-refractivity contribution in [2.45, 2.75) is 50.4 Å². The monoisotopic (exact) mass is 729 g/mol. The van der Waals surface area contributed by atoms with E-state index in [4.69, 9.17) is 0 Å². The molecule has 0 bridgehead atoms. The topological polar surface area (TPSA) is 4.93 Å². The molecular weight excluding hydrogens is 687 g/mol. The SMILES string of the molecule is CC1(C)CC(C)(C)c2cc3c(cc21)c1cc(-c2ccc4c(c2)C2(c5ccccc5-c5ccccc52)c2ccccc2-4)ccc1n3-c1cccc(-c2ccccc2)c1. The summed E-state index contributed by atoms with van der Waals surface area (Å²) in [7, 11) is 0. The van der Waals surface area contributed by atoms with Crippen molar-refractivity contribution in [3.8, 4) is 50.2 Å². The highest BCUT2D eigenvalue weighted by atomic mass is 15.0. The molecule has 0 fully saturated rings. The third-order valence-electron chi connectivity index (χ3n) is 13.8. The smallest absolute Gasteiger partial charge is 0.0725 e. The fourth-order valence-corrected chi connectivity index (χ4v) is 11.7. The van der Waals surface area contributed by atoms with E-state index in [9.17, 15) is 0 Å². The van der Waals surface area contributed by atoms with E-state index in [0.717, 1.165) is 6.42 Å². The number of aromatic nitrogens is 1. The van der Waals surface area contributed by atoms with E-state index < -0.39 is 0 Å². The third-order valence-corrected chi connectivity index (χ3v) is 13.8. The van der Waals surface area contributed by atoms with Gasteiger partial charge >= 0.3 is 0 Å². The van der Waals surface area contributed by atoms with Crippen LogP contribution in [0.25, 0.3) is 72.0 Å². The molecule has 1 nitrogen and oxygen atoms in total. The Bertz CT molecular complexity index is 3090. The van der Waals surface area contributed by atoms with E-state index in [0.29, 0.717) is 0 Å². The van der Waals surface area contributed by atoms with Gasteiger partial charge < -0.3 is 4.57 Å². The molecule has 0 N–H and O–H groups in total. The zero-order chi connectivity index (χ0) is 38.3. The van der Waals surface area contributed by atoms with E-state index in [1.54, 1.807) is 0 Å². The van der Waals surface area contributed by atoms with Crippen molar-refractivity contribution in [3.63, 3.8) is 0 Å². The summed E-state index contributed by atoms with van der Waals surface area (Å²) in [5, 5.41) is 2.62. The van der Waals surface area contributed by atoms with E-state index in [1.165, 1.54) is 105 Å². The highest BCUT2D eigenvalue weighted by Gasteiger charge is 2.51. The summed E-state index contributed by atoms with van der Waals surface area (Å²) >= 11 is 0. The fourth-order valence-electron chi connectivity index (χ4n) is 11.7. The zero-order valence-electron chi connectivity index (χ0n) is 32.9. The second-order valence-corrected chi connectivity index (χ2v) is 18.0. The van der Waals surface area contributed by atoms with E-state index in [-0.39, 0.29) is 16.2 Å². The number of rotatable bonds is 3. The molecule has 8 aromatic carbocycles. The minimum Gasteiger partial charge on any atom is -0.309 e. The number of nitrogens with zero attached hydrogens (tertiary/aromatic N) is 1.